The zero-order valence-corrected chi connectivity index (χ0v) is 11.0. The monoisotopic (exact) mass is 251 g/mol. The number of hydrogen-bond acceptors (Lipinski definition) is 3. The Morgan fingerprint density at radius 2 is 1.84 bits per heavy atom. The highest BCUT2D eigenvalue weighted by atomic mass is 15.3. The van der Waals surface area contributed by atoms with E-state index < -0.39 is 0 Å². The highest BCUT2D eigenvalue weighted by Gasteiger charge is 2.16. The average Bonchev–Trinajstić information content (AvgIpc) is 2.42. The first-order chi connectivity index (χ1) is 9.22. The van der Waals surface area contributed by atoms with E-state index in [0.29, 0.717) is 5.96 Å². The van der Waals surface area contributed by atoms with Crippen LogP contribution in [-0.2, 0) is 13.1 Å². The minimum atomic E-state index is 0.597. The number of benzene rings is 2. The van der Waals surface area contributed by atoms with Crippen LogP contribution in [0.1, 0.15) is 16.7 Å². The number of rotatable bonds is 2. The van der Waals surface area contributed by atoms with Gasteiger partial charge in [-0.25, -0.2) is 4.99 Å². The Morgan fingerprint density at radius 3 is 2.63 bits per heavy atom. The summed E-state index contributed by atoms with van der Waals surface area (Å²) in [5, 5.41) is 0. The number of hydrogen-bond donors (Lipinski definition) is 1. The molecule has 0 fully saturated rings. The normalized spacial score (nSPS) is 13.9. The van der Waals surface area contributed by atoms with Crippen LogP contribution in [-0.4, -0.2) is 10.9 Å². The molecule has 1 aliphatic rings. The van der Waals surface area contributed by atoms with Gasteiger partial charge in [-0.1, -0.05) is 48.0 Å². The summed E-state index contributed by atoms with van der Waals surface area (Å²) in [6.45, 7) is 3.71. The van der Waals surface area contributed by atoms with Gasteiger partial charge >= 0.3 is 0 Å². The molecule has 1 heterocycles. The Balaban J connectivity index is 1.82. The van der Waals surface area contributed by atoms with Gasteiger partial charge < -0.3 is 10.6 Å². The van der Waals surface area contributed by atoms with Crippen molar-refractivity contribution in [2.75, 3.05) is 0 Å². The second-order valence-corrected chi connectivity index (χ2v) is 4.94. The van der Waals surface area contributed by atoms with Gasteiger partial charge in [0, 0.05) is 13.1 Å². The predicted octanol–water partition coefficient (Wildman–Crippen LogP) is 2.96. The van der Waals surface area contributed by atoms with E-state index in [4.69, 9.17) is 5.73 Å². The van der Waals surface area contributed by atoms with Crippen LogP contribution in [0.4, 0.5) is 5.69 Å². The quantitative estimate of drug-likeness (QED) is 0.891. The standard InChI is InChI=1S/C16H17N3/c1-12-6-8-13(9-7-12)10-19-11-14-4-2-3-5-15(14)18-16(19)17/h2-9H,10-11H2,1H3,(H2,17,18). The van der Waals surface area contributed by atoms with Crippen LogP contribution in [0.2, 0.25) is 0 Å². The molecule has 3 rings (SSSR count). The zero-order chi connectivity index (χ0) is 13.2. The maximum Gasteiger partial charge on any atom is 0.197 e. The largest absolute Gasteiger partial charge is 0.369 e. The van der Waals surface area contributed by atoms with Crippen molar-refractivity contribution in [1.82, 2.24) is 4.90 Å². The van der Waals surface area contributed by atoms with Gasteiger partial charge in [-0.3, -0.25) is 0 Å². The topological polar surface area (TPSA) is 41.6 Å². The van der Waals surface area contributed by atoms with Crippen molar-refractivity contribution in [3.05, 3.63) is 65.2 Å². The Kier molecular flexibility index (Phi) is 2.95. The summed E-state index contributed by atoms with van der Waals surface area (Å²) < 4.78 is 0. The SMILES string of the molecule is Cc1ccc(CN2Cc3ccccc3N=C2N)cc1. The van der Waals surface area contributed by atoms with Gasteiger partial charge in [0.1, 0.15) is 0 Å². The van der Waals surface area contributed by atoms with Gasteiger partial charge in [-0.15, -0.1) is 0 Å². The first-order valence-electron chi connectivity index (χ1n) is 6.45. The van der Waals surface area contributed by atoms with Crippen LogP contribution in [0.25, 0.3) is 0 Å². The molecule has 0 aliphatic carbocycles. The molecule has 0 aromatic heterocycles. The molecule has 0 saturated heterocycles. The lowest BCUT2D eigenvalue weighted by Gasteiger charge is -2.28. The van der Waals surface area contributed by atoms with Crippen molar-refractivity contribution in [2.24, 2.45) is 10.7 Å². The number of fused-ring (bicyclic) bond motifs is 1. The summed E-state index contributed by atoms with van der Waals surface area (Å²) >= 11 is 0. The maximum absolute atomic E-state index is 6.05. The Hall–Kier alpha value is -2.29. The molecule has 3 heteroatoms. The van der Waals surface area contributed by atoms with E-state index in [1.807, 2.05) is 18.2 Å². The van der Waals surface area contributed by atoms with Crippen LogP contribution in [0, 0.1) is 6.92 Å². The summed E-state index contributed by atoms with van der Waals surface area (Å²) in [6.07, 6.45) is 0. The molecule has 2 aromatic rings. The van der Waals surface area contributed by atoms with Gasteiger partial charge in [0.25, 0.3) is 0 Å². The number of para-hydroxylation sites is 1. The molecule has 2 aromatic carbocycles. The summed E-state index contributed by atoms with van der Waals surface area (Å²) in [7, 11) is 0. The van der Waals surface area contributed by atoms with Crippen LogP contribution in [0.3, 0.4) is 0 Å². The van der Waals surface area contributed by atoms with E-state index in [9.17, 15) is 0 Å². The predicted molar refractivity (Wildman–Crippen MR) is 78.2 cm³/mol. The van der Waals surface area contributed by atoms with Gasteiger partial charge in [-0.05, 0) is 24.1 Å². The molecule has 0 bridgehead atoms. The third-order valence-corrected chi connectivity index (χ3v) is 3.41. The fraction of sp³-hybridized carbons (Fsp3) is 0.188. The molecule has 3 nitrogen and oxygen atoms in total. The van der Waals surface area contributed by atoms with Gasteiger partial charge in [0.15, 0.2) is 5.96 Å². The van der Waals surface area contributed by atoms with Crippen LogP contribution in [0.15, 0.2) is 53.5 Å². The third kappa shape index (κ3) is 2.45. The van der Waals surface area contributed by atoms with Crippen molar-refractivity contribution in [2.45, 2.75) is 20.0 Å². The van der Waals surface area contributed by atoms with Crippen LogP contribution < -0.4 is 5.73 Å². The summed E-state index contributed by atoms with van der Waals surface area (Å²) in [5.41, 5.74) is 10.8. The van der Waals surface area contributed by atoms with E-state index in [2.05, 4.69) is 47.1 Å². The van der Waals surface area contributed by atoms with Crippen molar-refractivity contribution in [1.29, 1.82) is 0 Å². The molecular formula is C16H17N3. The highest BCUT2D eigenvalue weighted by molar-refractivity contribution is 5.83. The molecule has 0 unspecified atom stereocenters. The number of guanidine groups is 1. The number of aryl methyl sites for hydroxylation is 1. The molecule has 0 saturated carbocycles. The van der Waals surface area contributed by atoms with Crippen LogP contribution in [0.5, 0.6) is 0 Å². The van der Waals surface area contributed by atoms with E-state index in [1.54, 1.807) is 0 Å². The molecule has 0 amide bonds. The summed E-state index contributed by atoms with van der Waals surface area (Å²) in [5.74, 6) is 0.597. The Bertz CT molecular complexity index is 614. The van der Waals surface area contributed by atoms with E-state index in [0.717, 1.165) is 18.8 Å². The average molecular weight is 251 g/mol. The smallest absolute Gasteiger partial charge is 0.197 e. The fourth-order valence-corrected chi connectivity index (χ4v) is 2.29. The lowest BCUT2D eigenvalue weighted by Crippen LogP contribution is -2.38. The molecule has 1 aliphatic heterocycles. The Morgan fingerprint density at radius 1 is 1.11 bits per heavy atom. The van der Waals surface area contributed by atoms with E-state index in [-0.39, 0.29) is 0 Å². The van der Waals surface area contributed by atoms with Crippen LogP contribution >= 0.6 is 0 Å². The second kappa shape index (κ2) is 4.76. The first-order valence-corrected chi connectivity index (χ1v) is 6.45. The minimum absolute atomic E-state index is 0.597. The third-order valence-electron chi connectivity index (χ3n) is 3.41. The van der Waals surface area contributed by atoms with Gasteiger partial charge in [0.2, 0.25) is 0 Å². The highest BCUT2D eigenvalue weighted by Crippen LogP contribution is 2.25. The lowest BCUT2D eigenvalue weighted by atomic mass is 10.1. The maximum atomic E-state index is 6.05. The van der Waals surface area contributed by atoms with Crippen molar-refractivity contribution in [3.8, 4) is 0 Å². The molecular weight excluding hydrogens is 234 g/mol. The summed E-state index contributed by atoms with van der Waals surface area (Å²) in [4.78, 5) is 6.57. The minimum Gasteiger partial charge on any atom is -0.369 e. The molecule has 2 N–H and O–H groups in total. The van der Waals surface area contributed by atoms with Crippen molar-refractivity contribution >= 4 is 11.6 Å². The van der Waals surface area contributed by atoms with Crippen molar-refractivity contribution < 1.29 is 0 Å². The van der Waals surface area contributed by atoms with Crippen molar-refractivity contribution in [3.63, 3.8) is 0 Å². The molecule has 0 radical (unpaired) electrons. The molecule has 0 atom stereocenters. The van der Waals surface area contributed by atoms with E-state index in [1.165, 1.54) is 16.7 Å². The number of aliphatic imine (C=N–C) groups is 1. The first kappa shape index (κ1) is 11.8. The number of nitrogens with zero attached hydrogens (tertiary/aromatic N) is 2. The fourth-order valence-electron chi connectivity index (χ4n) is 2.29. The number of nitrogens with two attached hydrogens (primary N) is 1. The lowest BCUT2D eigenvalue weighted by molar-refractivity contribution is 0.396. The summed E-state index contributed by atoms with van der Waals surface area (Å²) in [6, 6.07) is 16.7. The van der Waals surface area contributed by atoms with Gasteiger partial charge in [-0.2, -0.15) is 0 Å². The molecule has 96 valence electrons. The second-order valence-electron chi connectivity index (χ2n) is 4.94. The zero-order valence-electron chi connectivity index (χ0n) is 11.0. The molecule has 0 spiro atoms. The molecule has 19 heavy (non-hydrogen) atoms. The Labute approximate surface area is 113 Å². The van der Waals surface area contributed by atoms with Gasteiger partial charge in [0.05, 0.1) is 5.69 Å². The van der Waals surface area contributed by atoms with E-state index >= 15 is 0 Å².